The van der Waals surface area contributed by atoms with Gasteiger partial charge in [-0.3, -0.25) is 10.2 Å². The van der Waals surface area contributed by atoms with E-state index in [1.54, 1.807) is 0 Å². The van der Waals surface area contributed by atoms with Crippen molar-refractivity contribution in [2.75, 3.05) is 7.05 Å². The molecule has 1 aromatic carbocycles. The second kappa shape index (κ2) is 3.86. The second-order valence-corrected chi connectivity index (χ2v) is 5.21. The highest BCUT2D eigenvalue weighted by Gasteiger charge is 2.48. The fourth-order valence-corrected chi connectivity index (χ4v) is 3.33. The van der Waals surface area contributed by atoms with Gasteiger partial charge in [-0.25, -0.2) is 0 Å². The standard InChI is InChI=1S/C14H20N2/c1-16-13-7-9-14(16,10-8-13)15-11-12-5-3-2-4-6-12/h2-6,13,15H,7-11H2,1H3. The van der Waals surface area contributed by atoms with Crippen LogP contribution >= 0.6 is 0 Å². The monoisotopic (exact) mass is 216 g/mol. The van der Waals surface area contributed by atoms with Crippen molar-refractivity contribution in [3.8, 4) is 0 Å². The largest absolute Gasteiger partial charge is 0.295 e. The molecule has 1 aromatic rings. The zero-order valence-electron chi connectivity index (χ0n) is 9.95. The van der Waals surface area contributed by atoms with Crippen LogP contribution in [-0.4, -0.2) is 23.7 Å². The lowest BCUT2D eigenvalue weighted by Gasteiger charge is -2.33. The van der Waals surface area contributed by atoms with Gasteiger partial charge in [-0.05, 0) is 38.3 Å². The zero-order valence-corrected chi connectivity index (χ0v) is 9.95. The quantitative estimate of drug-likeness (QED) is 0.834. The highest BCUT2D eigenvalue weighted by molar-refractivity contribution is 5.15. The van der Waals surface area contributed by atoms with Gasteiger partial charge in [-0.1, -0.05) is 30.3 Å². The number of nitrogens with zero attached hydrogens (tertiary/aromatic N) is 1. The zero-order chi connectivity index (χ0) is 11.0. The maximum atomic E-state index is 3.78. The fourth-order valence-electron chi connectivity index (χ4n) is 3.33. The number of fused-ring (bicyclic) bond motifs is 2. The average molecular weight is 216 g/mol. The third-order valence-electron chi connectivity index (χ3n) is 4.47. The van der Waals surface area contributed by atoms with Crippen LogP contribution in [0.5, 0.6) is 0 Å². The van der Waals surface area contributed by atoms with E-state index in [4.69, 9.17) is 0 Å². The van der Waals surface area contributed by atoms with Crippen molar-refractivity contribution >= 4 is 0 Å². The minimum Gasteiger partial charge on any atom is -0.295 e. The topological polar surface area (TPSA) is 15.3 Å². The highest BCUT2D eigenvalue weighted by atomic mass is 15.4. The number of benzene rings is 1. The Labute approximate surface area is 97.6 Å². The predicted octanol–water partition coefficient (Wildman–Crippen LogP) is 2.36. The number of nitrogens with one attached hydrogen (secondary N) is 1. The first-order chi connectivity index (χ1) is 7.80. The van der Waals surface area contributed by atoms with E-state index in [1.807, 2.05) is 0 Å². The Hall–Kier alpha value is -0.860. The number of rotatable bonds is 3. The Kier molecular flexibility index (Phi) is 2.49. The summed E-state index contributed by atoms with van der Waals surface area (Å²) >= 11 is 0. The van der Waals surface area contributed by atoms with Crippen LogP contribution < -0.4 is 5.32 Å². The summed E-state index contributed by atoms with van der Waals surface area (Å²) < 4.78 is 0. The molecule has 0 aliphatic carbocycles. The summed E-state index contributed by atoms with van der Waals surface area (Å²) in [6.07, 6.45) is 5.39. The van der Waals surface area contributed by atoms with E-state index in [0.717, 1.165) is 12.6 Å². The molecular formula is C14H20N2. The van der Waals surface area contributed by atoms with E-state index >= 15 is 0 Å². The summed E-state index contributed by atoms with van der Waals surface area (Å²) in [4.78, 5) is 2.57. The molecule has 0 unspecified atom stereocenters. The maximum Gasteiger partial charge on any atom is 0.0716 e. The van der Waals surface area contributed by atoms with Crippen LogP contribution in [0, 0.1) is 0 Å². The predicted molar refractivity (Wildman–Crippen MR) is 66.0 cm³/mol. The third kappa shape index (κ3) is 1.57. The molecule has 0 radical (unpaired) electrons. The lowest BCUT2D eigenvalue weighted by atomic mass is 9.95. The summed E-state index contributed by atoms with van der Waals surface area (Å²) in [5.41, 5.74) is 1.70. The van der Waals surface area contributed by atoms with Gasteiger partial charge in [0.2, 0.25) is 0 Å². The lowest BCUT2D eigenvalue weighted by Crippen LogP contribution is -2.50. The molecule has 3 rings (SSSR count). The van der Waals surface area contributed by atoms with Gasteiger partial charge in [-0.2, -0.15) is 0 Å². The molecule has 0 aromatic heterocycles. The SMILES string of the molecule is CN1C2CCC1(NCc1ccccc1)CC2. The molecule has 1 N–H and O–H groups in total. The first-order valence-corrected chi connectivity index (χ1v) is 6.32. The van der Waals surface area contributed by atoms with Gasteiger partial charge in [0.1, 0.15) is 0 Å². The molecule has 2 nitrogen and oxygen atoms in total. The van der Waals surface area contributed by atoms with Gasteiger partial charge in [0.05, 0.1) is 5.66 Å². The summed E-state index contributed by atoms with van der Waals surface area (Å²) in [7, 11) is 2.28. The molecule has 2 bridgehead atoms. The van der Waals surface area contributed by atoms with Crippen molar-refractivity contribution in [2.45, 2.75) is 43.9 Å². The average Bonchev–Trinajstić information content (AvgIpc) is 2.82. The Morgan fingerprint density at radius 3 is 2.50 bits per heavy atom. The minimum absolute atomic E-state index is 0.306. The molecule has 2 heteroatoms. The van der Waals surface area contributed by atoms with E-state index < -0.39 is 0 Å². The molecule has 0 spiro atoms. The van der Waals surface area contributed by atoms with Crippen molar-refractivity contribution in [3.63, 3.8) is 0 Å². The van der Waals surface area contributed by atoms with Crippen molar-refractivity contribution in [1.82, 2.24) is 10.2 Å². The molecule has 16 heavy (non-hydrogen) atoms. The van der Waals surface area contributed by atoms with E-state index in [0.29, 0.717) is 5.66 Å². The van der Waals surface area contributed by atoms with E-state index in [9.17, 15) is 0 Å². The molecule has 0 atom stereocenters. The Morgan fingerprint density at radius 1 is 1.25 bits per heavy atom. The van der Waals surface area contributed by atoms with Crippen molar-refractivity contribution in [1.29, 1.82) is 0 Å². The second-order valence-electron chi connectivity index (χ2n) is 5.21. The van der Waals surface area contributed by atoms with Gasteiger partial charge < -0.3 is 0 Å². The molecular weight excluding hydrogens is 196 g/mol. The third-order valence-corrected chi connectivity index (χ3v) is 4.47. The summed E-state index contributed by atoms with van der Waals surface area (Å²) in [6.45, 7) is 0.998. The molecule has 2 aliphatic heterocycles. The molecule has 86 valence electrons. The molecule has 2 saturated heterocycles. The van der Waals surface area contributed by atoms with Crippen molar-refractivity contribution in [3.05, 3.63) is 35.9 Å². The van der Waals surface area contributed by atoms with Crippen LogP contribution in [0.2, 0.25) is 0 Å². The lowest BCUT2D eigenvalue weighted by molar-refractivity contribution is 0.147. The number of hydrogen-bond donors (Lipinski definition) is 1. The fraction of sp³-hybridized carbons (Fsp3) is 0.571. The van der Waals surface area contributed by atoms with Gasteiger partial charge in [0, 0.05) is 12.6 Å². The van der Waals surface area contributed by atoms with Crippen LogP contribution in [0.1, 0.15) is 31.2 Å². The molecule has 0 amide bonds. The maximum absolute atomic E-state index is 3.78. The molecule has 2 heterocycles. The van der Waals surface area contributed by atoms with Crippen LogP contribution in [0.25, 0.3) is 0 Å². The molecule has 0 saturated carbocycles. The molecule has 2 fully saturated rings. The summed E-state index contributed by atoms with van der Waals surface area (Å²) in [5, 5.41) is 3.78. The first kappa shape index (κ1) is 10.3. The van der Waals surface area contributed by atoms with Gasteiger partial charge in [0.25, 0.3) is 0 Å². The van der Waals surface area contributed by atoms with E-state index in [2.05, 4.69) is 47.6 Å². The van der Waals surface area contributed by atoms with Crippen LogP contribution in [0.3, 0.4) is 0 Å². The van der Waals surface area contributed by atoms with Crippen LogP contribution in [-0.2, 0) is 6.54 Å². The molecule has 2 aliphatic rings. The summed E-state index contributed by atoms with van der Waals surface area (Å²) in [6, 6.07) is 11.5. The van der Waals surface area contributed by atoms with Crippen molar-refractivity contribution in [2.24, 2.45) is 0 Å². The van der Waals surface area contributed by atoms with E-state index in [1.165, 1.54) is 31.2 Å². The first-order valence-electron chi connectivity index (χ1n) is 6.32. The normalized spacial score (nSPS) is 33.4. The van der Waals surface area contributed by atoms with Crippen LogP contribution in [0.4, 0.5) is 0 Å². The number of hydrogen-bond acceptors (Lipinski definition) is 2. The smallest absolute Gasteiger partial charge is 0.0716 e. The minimum atomic E-state index is 0.306. The van der Waals surface area contributed by atoms with Gasteiger partial charge in [0.15, 0.2) is 0 Å². The summed E-state index contributed by atoms with van der Waals surface area (Å²) in [5.74, 6) is 0. The Balaban J connectivity index is 1.67. The van der Waals surface area contributed by atoms with Crippen molar-refractivity contribution < 1.29 is 0 Å². The Bertz CT molecular complexity index is 352. The van der Waals surface area contributed by atoms with E-state index in [-0.39, 0.29) is 0 Å². The Morgan fingerprint density at radius 2 is 1.94 bits per heavy atom. The van der Waals surface area contributed by atoms with Gasteiger partial charge >= 0.3 is 0 Å². The van der Waals surface area contributed by atoms with Crippen LogP contribution in [0.15, 0.2) is 30.3 Å². The highest BCUT2D eigenvalue weighted by Crippen LogP contribution is 2.43. The van der Waals surface area contributed by atoms with Gasteiger partial charge in [-0.15, -0.1) is 0 Å².